The third kappa shape index (κ3) is 4.47. The van der Waals surface area contributed by atoms with Crippen molar-refractivity contribution >= 4 is 22.7 Å². The van der Waals surface area contributed by atoms with E-state index >= 15 is 0 Å². The first-order valence-electron chi connectivity index (χ1n) is 10.4. The number of fused-ring (bicyclic) bond motifs is 1. The number of rotatable bonds is 8. The van der Waals surface area contributed by atoms with Gasteiger partial charge >= 0.3 is 12.6 Å². The van der Waals surface area contributed by atoms with Gasteiger partial charge in [-0.25, -0.2) is 4.79 Å². The minimum atomic E-state index is -3.04. The van der Waals surface area contributed by atoms with Crippen molar-refractivity contribution in [3.8, 4) is 22.8 Å². The maximum atomic E-state index is 13.3. The zero-order valence-electron chi connectivity index (χ0n) is 18.5. The minimum Gasteiger partial charge on any atom is -0.493 e. The molecular weight excluding hydrogens is 444 g/mol. The van der Waals surface area contributed by atoms with Crippen molar-refractivity contribution in [3.63, 3.8) is 0 Å². The Hall–Kier alpha value is -4.20. The topological polar surface area (TPSA) is 66.8 Å². The van der Waals surface area contributed by atoms with Gasteiger partial charge in [-0.05, 0) is 29.8 Å². The lowest BCUT2D eigenvalue weighted by atomic mass is 10.0. The van der Waals surface area contributed by atoms with E-state index in [9.17, 15) is 18.4 Å². The van der Waals surface area contributed by atoms with Crippen LogP contribution < -0.4 is 9.47 Å². The number of benzene rings is 3. The number of hydrogen-bond acceptors (Lipinski definition) is 5. The van der Waals surface area contributed by atoms with Gasteiger partial charge in [-0.1, -0.05) is 48.5 Å². The molecule has 0 radical (unpaired) electrons. The number of hydrogen-bond donors (Lipinski definition) is 0. The number of carbonyl (C=O) groups is 2. The minimum absolute atomic E-state index is 0.0347. The Morgan fingerprint density at radius 2 is 1.65 bits per heavy atom. The van der Waals surface area contributed by atoms with Gasteiger partial charge in [0.2, 0.25) is 5.78 Å². The number of alkyl halides is 2. The summed E-state index contributed by atoms with van der Waals surface area (Å²) in [5, 5.41) is 0.750. The summed E-state index contributed by atoms with van der Waals surface area (Å²) in [6, 6.07) is 20.6. The molecule has 174 valence electrons. The molecule has 1 aromatic heterocycles. The maximum absolute atomic E-state index is 13.3. The lowest BCUT2D eigenvalue weighted by molar-refractivity contribution is -0.0512. The molecule has 6 nitrogen and oxygen atoms in total. The first kappa shape index (κ1) is 23.0. The van der Waals surface area contributed by atoms with Crippen molar-refractivity contribution in [2.24, 2.45) is 7.05 Å². The van der Waals surface area contributed by atoms with Gasteiger partial charge in [0.15, 0.2) is 18.1 Å². The molecule has 0 bridgehead atoms. The fraction of sp³-hybridized carbons (Fsp3) is 0.154. The van der Waals surface area contributed by atoms with Gasteiger partial charge < -0.3 is 18.8 Å². The van der Waals surface area contributed by atoms with Crippen LogP contribution in [0.1, 0.15) is 20.7 Å². The second kappa shape index (κ2) is 9.74. The van der Waals surface area contributed by atoms with Gasteiger partial charge in [0.05, 0.1) is 23.9 Å². The first-order valence-corrected chi connectivity index (χ1v) is 10.4. The monoisotopic (exact) mass is 465 g/mol. The Bertz CT molecular complexity index is 1350. The molecule has 0 amide bonds. The third-order valence-electron chi connectivity index (χ3n) is 5.38. The van der Waals surface area contributed by atoms with Crippen LogP contribution in [0.15, 0.2) is 72.8 Å². The summed E-state index contributed by atoms with van der Waals surface area (Å²) >= 11 is 0. The molecule has 0 aliphatic heterocycles. The number of ketones is 1. The van der Waals surface area contributed by atoms with Crippen LogP contribution in [0.4, 0.5) is 8.78 Å². The van der Waals surface area contributed by atoms with Crippen molar-refractivity contribution in [1.29, 1.82) is 0 Å². The van der Waals surface area contributed by atoms with Gasteiger partial charge in [0, 0.05) is 18.0 Å². The van der Waals surface area contributed by atoms with E-state index in [0.717, 1.165) is 22.2 Å². The molecular formula is C26H21F2NO5. The Morgan fingerprint density at radius 1 is 0.941 bits per heavy atom. The van der Waals surface area contributed by atoms with Gasteiger partial charge in [0.1, 0.15) is 0 Å². The van der Waals surface area contributed by atoms with E-state index in [4.69, 9.17) is 9.47 Å². The van der Waals surface area contributed by atoms with Crippen LogP contribution >= 0.6 is 0 Å². The van der Waals surface area contributed by atoms with Crippen LogP contribution in [0, 0.1) is 0 Å². The molecule has 3 aromatic carbocycles. The SMILES string of the molecule is COc1cc(C(=O)OCC(=O)c2c(-c3ccccc3)n(C)c3ccccc23)ccc1OC(F)F. The lowest BCUT2D eigenvalue weighted by Crippen LogP contribution is -2.15. The highest BCUT2D eigenvalue weighted by Gasteiger charge is 2.23. The zero-order valence-corrected chi connectivity index (χ0v) is 18.5. The molecule has 4 rings (SSSR count). The number of aromatic nitrogens is 1. The average Bonchev–Trinajstić information content (AvgIpc) is 3.15. The van der Waals surface area contributed by atoms with Gasteiger partial charge in [-0.2, -0.15) is 8.78 Å². The van der Waals surface area contributed by atoms with Crippen LogP contribution in [0.3, 0.4) is 0 Å². The van der Waals surface area contributed by atoms with Gasteiger partial charge in [0.25, 0.3) is 0 Å². The fourth-order valence-corrected chi connectivity index (χ4v) is 3.88. The van der Waals surface area contributed by atoms with Crippen molar-refractivity contribution < 1.29 is 32.6 Å². The number of esters is 1. The third-order valence-corrected chi connectivity index (χ3v) is 5.38. The number of ether oxygens (including phenoxy) is 3. The van der Waals surface area contributed by atoms with E-state index < -0.39 is 19.2 Å². The molecule has 8 heteroatoms. The predicted molar refractivity (Wildman–Crippen MR) is 123 cm³/mol. The van der Waals surface area contributed by atoms with E-state index in [0.29, 0.717) is 5.56 Å². The molecule has 4 aromatic rings. The summed E-state index contributed by atoms with van der Waals surface area (Å²) in [6.07, 6.45) is 0. The van der Waals surface area contributed by atoms with Crippen LogP contribution in [-0.2, 0) is 11.8 Å². The number of halogens is 2. The molecule has 0 aliphatic rings. The van der Waals surface area contributed by atoms with Crippen LogP contribution in [0.25, 0.3) is 22.2 Å². The maximum Gasteiger partial charge on any atom is 0.387 e. The standard InChI is InChI=1S/C26H21F2NO5/c1-29-19-11-7-6-10-18(19)23(24(29)16-8-4-3-5-9-16)20(30)15-33-25(31)17-12-13-21(34-26(27)28)22(14-17)32-2/h3-14,26H,15H2,1-2H3. The predicted octanol–water partition coefficient (Wildman–Crippen LogP) is 5.50. The number of nitrogens with zero attached hydrogens (tertiary/aromatic N) is 1. The molecule has 0 fully saturated rings. The second-order valence-corrected chi connectivity index (χ2v) is 7.41. The fourth-order valence-electron chi connectivity index (χ4n) is 3.88. The number of aryl methyl sites for hydroxylation is 1. The molecule has 0 spiro atoms. The lowest BCUT2D eigenvalue weighted by Gasteiger charge is -2.11. The molecule has 34 heavy (non-hydrogen) atoms. The Morgan fingerprint density at radius 3 is 2.35 bits per heavy atom. The number of carbonyl (C=O) groups excluding carboxylic acids is 2. The molecule has 0 saturated heterocycles. The Labute approximate surface area is 194 Å². The molecule has 1 heterocycles. The van der Waals surface area contributed by atoms with E-state index in [-0.39, 0.29) is 22.8 Å². The summed E-state index contributed by atoms with van der Waals surface area (Å²) in [7, 11) is 3.14. The quantitative estimate of drug-likeness (QED) is 0.254. The van der Waals surface area contributed by atoms with Crippen molar-refractivity contribution in [2.75, 3.05) is 13.7 Å². The zero-order chi connectivity index (χ0) is 24.2. The van der Waals surface area contributed by atoms with E-state index in [2.05, 4.69) is 4.74 Å². The molecule has 0 saturated carbocycles. The van der Waals surface area contributed by atoms with Crippen LogP contribution in [-0.4, -0.2) is 36.6 Å². The highest BCUT2D eigenvalue weighted by Crippen LogP contribution is 2.34. The highest BCUT2D eigenvalue weighted by atomic mass is 19.3. The molecule has 0 N–H and O–H groups in total. The van der Waals surface area contributed by atoms with E-state index in [1.807, 2.05) is 66.2 Å². The number of methoxy groups -OCH3 is 1. The summed E-state index contributed by atoms with van der Waals surface area (Å²) in [6.45, 7) is -3.53. The van der Waals surface area contributed by atoms with E-state index in [1.165, 1.54) is 25.3 Å². The summed E-state index contributed by atoms with van der Waals surface area (Å²) < 4.78 is 41.6. The van der Waals surface area contributed by atoms with Gasteiger partial charge in [-0.3, -0.25) is 4.79 Å². The Balaban J connectivity index is 1.61. The van der Waals surface area contributed by atoms with Gasteiger partial charge in [-0.15, -0.1) is 0 Å². The molecule has 0 aliphatic carbocycles. The van der Waals surface area contributed by atoms with Crippen molar-refractivity contribution in [1.82, 2.24) is 4.57 Å². The largest absolute Gasteiger partial charge is 0.493 e. The van der Waals surface area contributed by atoms with E-state index in [1.54, 1.807) is 0 Å². The molecule has 0 atom stereocenters. The van der Waals surface area contributed by atoms with Crippen LogP contribution in [0.5, 0.6) is 11.5 Å². The summed E-state index contributed by atoms with van der Waals surface area (Å²) in [4.78, 5) is 25.9. The first-order chi connectivity index (χ1) is 16.4. The van der Waals surface area contributed by atoms with Crippen LogP contribution in [0.2, 0.25) is 0 Å². The number of para-hydroxylation sites is 1. The average molecular weight is 465 g/mol. The van der Waals surface area contributed by atoms with Crippen molar-refractivity contribution in [3.05, 3.63) is 83.9 Å². The Kier molecular flexibility index (Phi) is 6.58. The van der Waals surface area contributed by atoms with Crippen molar-refractivity contribution in [2.45, 2.75) is 6.61 Å². The smallest absolute Gasteiger partial charge is 0.387 e. The molecule has 0 unspecified atom stereocenters. The summed E-state index contributed by atoms with van der Waals surface area (Å²) in [5.41, 5.74) is 2.94. The summed E-state index contributed by atoms with van der Waals surface area (Å²) in [5.74, 6) is -1.43. The number of Topliss-reactive ketones (excluding diaryl/α,β-unsaturated/α-hetero) is 1. The normalized spacial score (nSPS) is 11.0. The highest BCUT2D eigenvalue weighted by molar-refractivity contribution is 6.14. The second-order valence-electron chi connectivity index (χ2n) is 7.41.